The molecule has 1 atom stereocenters. The van der Waals surface area contributed by atoms with Crippen LogP contribution in [0.25, 0.3) is 21.6 Å². The fourth-order valence-corrected chi connectivity index (χ4v) is 4.01. The molecule has 0 radical (unpaired) electrons. The number of aromatic nitrogens is 3. The van der Waals surface area contributed by atoms with Crippen molar-refractivity contribution in [1.29, 1.82) is 0 Å². The van der Waals surface area contributed by atoms with Crippen molar-refractivity contribution in [2.24, 2.45) is 5.73 Å². The molecule has 3 aromatic heterocycles. The molecule has 150 valence electrons. The Labute approximate surface area is 178 Å². The largest absolute Gasteiger partial charge is 0.367 e. The fourth-order valence-electron chi connectivity index (χ4n) is 3.10. The molecule has 0 saturated heterocycles. The molecule has 0 aliphatic heterocycles. The first-order valence-corrected chi connectivity index (χ1v) is 10.4. The number of thiophene rings is 1. The lowest BCUT2D eigenvalue weighted by Crippen LogP contribution is -2.31. The third kappa shape index (κ3) is 4.62. The van der Waals surface area contributed by atoms with Gasteiger partial charge in [0.1, 0.15) is 11.3 Å². The van der Waals surface area contributed by atoms with Crippen LogP contribution in [0.4, 0.5) is 10.2 Å². The first-order chi connectivity index (χ1) is 14.7. The lowest BCUT2D eigenvalue weighted by Gasteiger charge is -2.14. The highest BCUT2D eigenvalue weighted by molar-refractivity contribution is 7.18. The molecule has 1 aromatic carbocycles. The minimum absolute atomic E-state index is 0.0763. The van der Waals surface area contributed by atoms with Gasteiger partial charge in [-0.05, 0) is 24.1 Å². The van der Waals surface area contributed by atoms with Crippen molar-refractivity contribution >= 4 is 27.4 Å². The Kier molecular flexibility index (Phi) is 6.28. The number of alkyl halides is 1. The lowest BCUT2D eigenvalue weighted by molar-refractivity contribution is 0.573. The normalized spacial score (nSPS) is 11.7. The number of anilines is 1. The number of nitrogens with one attached hydrogen (secondary N) is 1. The summed E-state index contributed by atoms with van der Waals surface area (Å²) in [5.41, 5.74) is 9.79. The van der Waals surface area contributed by atoms with Gasteiger partial charge in [-0.2, -0.15) is 0 Å². The Morgan fingerprint density at radius 3 is 2.67 bits per heavy atom. The molecule has 0 aliphatic carbocycles. The average Bonchev–Trinajstić information content (AvgIpc) is 3.20. The Morgan fingerprint density at radius 2 is 1.90 bits per heavy atom. The first kappa shape index (κ1) is 20.0. The lowest BCUT2D eigenvalue weighted by atomic mass is 10.1. The minimum Gasteiger partial charge on any atom is -0.367 e. The zero-order valence-electron chi connectivity index (χ0n) is 16.2. The summed E-state index contributed by atoms with van der Waals surface area (Å²) in [6.45, 7) is -0.140. The van der Waals surface area contributed by atoms with Crippen molar-refractivity contribution < 1.29 is 4.39 Å². The fraction of sp³-hybridized carbons (Fsp3) is 0.174. The summed E-state index contributed by atoms with van der Waals surface area (Å²) in [6, 6.07) is 13.8. The van der Waals surface area contributed by atoms with E-state index in [0.717, 1.165) is 16.7 Å². The molecule has 0 saturated carbocycles. The van der Waals surface area contributed by atoms with Gasteiger partial charge in [0.2, 0.25) is 0 Å². The van der Waals surface area contributed by atoms with Crippen molar-refractivity contribution in [1.82, 2.24) is 15.0 Å². The Morgan fingerprint density at radius 1 is 1.10 bits per heavy atom. The number of hydrogen-bond donors (Lipinski definition) is 2. The second kappa shape index (κ2) is 9.44. The quantitative estimate of drug-likeness (QED) is 0.463. The van der Waals surface area contributed by atoms with Crippen molar-refractivity contribution in [2.75, 3.05) is 18.5 Å². The SMILES string of the molecule is NC(CNc1nc(-c2ccncc2)nc2c(C#CCF)csc12)Cc1ccccc1. The third-order valence-electron chi connectivity index (χ3n) is 4.52. The van der Waals surface area contributed by atoms with Gasteiger partial charge in [0.15, 0.2) is 12.5 Å². The zero-order chi connectivity index (χ0) is 20.8. The van der Waals surface area contributed by atoms with Crippen LogP contribution in [0.3, 0.4) is 0 Å². The van der Waals surface area contributed by atoms with E-state index in [0.29, 0.717) is 29.3 Å². The van der Waals surface area contributed by atoms with Crippen molar-refractivity contribution in [3.63, 3.8) is 0 Å². The van der Waals surface area contributed by atoms with Gasteiger partial charge < -0.3 is 11.1 Å². The van der Waals surface area contributed by atoms with Gasteiger partial charge in [-0.15, -0.1) is 11.3 Å². The number of halogens is 1. The highest BCUT2D eigenvalue weighted by Gasteiger charge is 2.15. The van der Waals surface area contributed by atoms with Crippen molar-refractivity contribution in [3.05, 3.63) is 71.4 Å². The Bertz CT molecular complexity index is 1180. The van der Waals surface area contributed by atoms with Crippen LogP contribution < -0.4 is 11.1 Å². The maximum absolute atomic E-state index is 12.6. The highest BCUT2D eigenvalue weighted by atomic mass is 32.1. The van der Waals surface area contributed by atoms with E-state index >= 15 is 0 Å². The predicted octanol–water partition coefficient (Wildman–Crippen LogP) is 4.06. The second-order valence-corrected chi connectivity index (χ2v) is 7.60. The van der Waals surface area contributed by atoms with E-state index in [9.17, 15) is 4.39 Å². The van der Waals surface area contributed by atoms with Crippen LogP contribution in [-0.4, -0.2) is 34.2 Å². The summed E-state index contributed by atoms with van der Waals surface area (Å²) >= 11 is 1.48. The molecule has 4 rings (SSSR count). The maximum atomic E-state index is 12.6. The van der Waals surface area contributed by atoms with E-state index in [-0.39, 0.29) is 6.04 Å². The van der Waals surface area contributed by atoms with E-state index in [2.05, 4.69) is 39.3 Å². The summed E-state index contributed by atoms with van der Waals surface area (Å²) in [4.78, 5) is 13.5. The molecule has 0 aliphatic rings. The molecular formula is C23H20FN5S. The van der Waals surface area contributed by atoms with Crippen LogP contribution in [-0.2, 0) is 6.42 Å². The molecule has 7 heteroatoms. The molecule has 0 spiro atoms. The monoisotopic (exact) mass is 417 g/mol. The Hall–Kier alpha value is -3.34. The van der Waals surface area contributed by atoms with E-state index in [4.69, 9.17) is 10.7 Å². The number of hydrogen-bond acceptors (Lipinski definition) is 6. The van der Waals surface area contributed by atoms with Crippen LogP contribution >= 0.6 is 11.3 Å². The molecule has 5 nitrogen and oxygen atoms in total. The van der Waals surface area contributed by atoms with Crippen LogP contribution in [0.2, 0.25) is 0 Å². The zero-order valence-corrected chi connectivity index (χ0v) is 17.0. The molecule has 3 heterocycles. The van der Waals surface area contributed by atoms with E-state index in [1.54, 1.807) is 12.4 Å². The van der Waals surface area contributed by atoms with Crippen LogP contribution in [0.5, 0.6) is 0 Å². The van der Waals surface area contributed by atoms with Gasteiger partial charge >= 0.3 is 0 Å². The van der Waals surface area contributed by atoms with Crippen molar-refractivity contribution in [3.8, 4) is 23.2 Å². The molecule has 0 amide bonds. The van der Waals surface area contributed by atoms with Gasteiger partial charge in [-0.1, -0.05) is 42.2 Å². The highest BCUT2D eigenvalue weighted by Crippen LogP contribution is 2.32. The van der Waals surface area contributed by atoms with Gasteiger partial charge in [-0.3, -0.25) is 4.98 Å². The van der Waals surface area contributed by atoms with Gasteiger partial charge in [0, 0.05) is 35.9 Å². The molecule has 3 N–H and O–H groups in total. The smallest absolute Gasteiger partial charge is 0.162 e. The summed E-state index contributed by atoms with van der Waals surface area (Å²) in [7, 11) is 0. The van der Waals surface area contributed by atoms with E-state index < -0.39 is 6.67 Å². The number of rotatable bonds is 6. The summed E-state index contributed by atoms with van der Waals surface area (Å²) < 4.78 is 13.4. The molecule has 4 aromatic rings. The molecule has 0 bridgehead atoms. The number of benzene rings is 1. The summed E-state index contributed by atoms with van der Waals surface area (Å²) in [6.07, 6.45) is 4.16. The molecular weight excluding hydrogens is 397 g/mol. The van der Waals surface area contributed by atoms with Crippen LogP contribution in [0.15, 0.2) is 60.2 Å². The summed E-state index contributed by atoms with van der Waals surface area (Å²) in [5.74, 6) is 6.59. The number of nitrogens with two attached hydrogens (primary N) is 1. The van der Waals surface area contributed by atoms with E-state index in [1.807, 2.05) is 35.7 Å². The second-order valence-electron chi connectivity index (χ2n) is 6.72. The third-order valence-corrected chi connectivity index (χ3v) is 5.49. The van der Waals surface area contributed by atoms with Crippen LogP contribution in [0.1, 0.15) is 11.1 Å². The summed E-state index contributed by atoms with van der Waals surface area (Å²) in [5, 5.41) is 5.27. The van der Waals surface area contributed by atoms with Gasteiger partial charge in [0.05, 0.1) is 10.3 Å². The molecule has 30 heavy (non-hydrogen) atoms. The van der Waals surface area contributed by atoms with Gasteiger partial charge in [-0.25, -0.2) is 14.4 Å². The van der Waals surface area contributed by atoms with Gasteiger partial charge in [0.25, 0.3) is 0 Å². The number of nitrogens with zero attached hydrogens (tertiary/aromatic N) is 3. The van der Waals surface area contributed by atoms with E-state index in [1.165, 1.54) is 16.9 Å². The standard InChI is InChI=1S/C23H20FN5S/c24-10-4-7-18-15-30-21-20(18)28-22(17-8-11-26-12-9-17)29-23(21)27-14-19(25)13-16-5-2-1-3-6-16/h1-3,5-6,8-9,11-12,15,19H,10,13-14,25H2,(H,27,28,29). The van der Waals surface area contributed by atoms with Crippen molar-refractivity contribution in [2.45, 2.75) is 12.5 Å². The first-order valence-electron chi connectivity index (χ1n) is 9.52. The molecule has 1 unspecified atom stereocenters. The topological polar surface area (TPSA) is 76.7 Å². The van der Waals surface area contributed by atoms with Crippen LogP contribution in [0, 0.1) is 11.8 Å². The number of fused-ring (bicyclic) bond motifs is 1. The Balaban J connectivity index is 1.64. The predicted molar refractivity (Wildman–Crippen MR) is 120 cm³/mol. The molecule has 0 fully saturated rings. The minimum atomic E-state index is -0.695. The average molecular weight is 418 g/mol. The maximum Gasteiger partial charge on any atom is 0.162 e. The number of pyridine rings is 1.